The first-order valence-electron chi connectivity index (χ1n) is 7.68. The van der Waals surface area contributed by atoms with Gasteiger partial charge in [-0.15, -0.1) is 0 Å². The van der Waals surface area contributed by atoms with Gasteiger partial charge in [-0.1, -0.05) is 20.8 Å². The maximum Gasteiger partial charge on any atom is 0.0122 e. The fourth-order valence-corrected chi connectivity index (χ4v) is 3.77. The third kappa shape index (κ3) is 3.23. The molecule has 1 aliphatic carbocycles. The van der Waals surface area contributed by atoms with Crippen molar-refractivity contribution < 1.29 is 0 Å². The number of rotatable bonds is 3. The first-order chi connectivity index (χ1) is 8.22. The molecule has 0 aromatic heterocycles. The lowest BCUT2D eigenvalue weighted by Crippen LogP contribution is -2.49. The highest BCUT2D eigenvalue weighted by Crippen LogP contribution is 2.33. The van der Waals surface area contributed by atoms with E-state index in [1.54, 1.807) is 0 Å². The van der Waals surface area contributed by atoms with Crippen LogP contribution >= 0.6 is 0 Å². The fraction of sp³-hybridized carbons (Fsp3) is 1.00. The van der Waals surface area contributed by atoms with Gasteiger partial charge >= 0.3 is 0 Å². The lowest BCUT2D eigenvalue weighted by atomic mass is 9.78. The lowest BCUT2D eigenvalue weighted by Gasteiger charge is -2.44. The first kappa shape index (κ1) is 13.4. The number of piperidine rings is 1. The molecule has 0 spiro atoms. The molecule has 0 aromatic rings. The van der Waals surface area contributed by atoms with Gasteiger partial charge in [0.05, 0.1) is 0 Å². The van der Waals surface area contributed by atoms with E-state index in [9.17, 15) is 0 Å². The van der Waals surface area contributed by atoms with Crippen molar-refractivity contribution in [1.29, 1.82) is 0 Å². The molecule has 0 aromatic carbocycles. The molecule has 2 aliphatic rings. The van der Waals surface area contributed by atoms with Crippen molar-refractivity contribution in [2.24, 2.45) is 11.8 Å². The molecule has 1 saturated heterocycles. The minimum Gasteiger partial charge on any atom is -0.317 e. The molecular weight excluding hydrogens is 208 g/mol. The standard InChI is InChI=1S/C15H30N2/c1-4-17(14-7-9-16-10-8-14)15-6-5-12(2)13(3)11-15/h12-16H,4-11H2,1-3H3. The average Bonchev–Trinajstić information content (AvgIpc) is 2.36. The Morgan fingerprint density at radius 1 is 0.941 bits per heavy atom. The van der Waals surface area contributed by atoms with Gasteiger partial charge in [-0.2, -0.15) is 0 Å². The summed E-state index contributed by atoms with van der Waals surface area (Å²) in [7, 11) is 0. The zero-order chi connectivity index (χ0) is 12.3. The van der Waals surface area contributed by atoms with Crippen molar-refractivity contribution >= 4 is 0 Å². The van der Waals surface area contributed by atoms with E-state index < -0.39 is 0 Å². The molecule has 17 heavy (non-hydrogen) atoms. The summed E-state index contributed by atoms with van der Waals surface area (Å²) in [6.07, 6.45) is 7.01. The third-order valence-electron chi connectivity index (χ3n) is 5.18. The zero-order valence-corrected chi connectivity index (χ0v) is 11.9. The molecule has 1 heterocycles. The molecule has 0 radical (unpaired) electrons. The second-order valence-electron chi connectivity index (χ2n) is 6.23. The summed E-state index contributed by atoms with van der Waals surface area (Å²) >= 11 is 0. The number of hydrogen-bond acceptors (Lipinski definition) is 2. The summed E-state index contributed by atoms with van der Waals surface area (Å²) in [6.45, 7) is 10.9. The van der Waals surface area contributed by atoms with Gasteiger partial charge in [0.25, 0.3) is 0 Å². The Balaban J connectivity index is 1.93. The second kappa shape index (κ2) is 6.19. The van der Waals surface area contributed by atoms with E-state index in [0.717, 1.165) is 23.9 Å². The predicted octanol–water partition coefficient (Wildman–Crippen LogP) is 2.89. The van der Waals surface area contributed by atoms with Crippen LogP contribution in [0.3, 0.4) is 0 Å². The topological polar surface area (TPSA) is 15.3 Å². The van der Waals surface area contributed by atoms with Crippen molar-refractivity contribution in [3.8, 4) is 0 Å². The maximum absolute atomic E-state index is 3.49. The van der Waals surface area contributed by atoms with Crippen LogP contribution in [0.2, 0.25) is 0 Å². The molecule has 1 saturated carbocycles. The van der Waals surface area contributed by atoms with Crippen molar-refractivity contribution in [3.05, 3.63) is 0 Å². The van der Waals surface area contributed by atoms with Gasteiger partial charge in [0, 0.05) is 12.1 Å². The summed E-state index contributed by atoms with van der Waals surface area (Å²) in [5.74, 6) is 1.86. The fourth-order valence-electron chi connectivity index (χ4n) is 3.77. The van der Waals surface area contributed by atoms with Crippen molar-refractivity contribution in [1.82, 2.24) is 10.2 Å². The van der Waals surface area contributed by atoms with Gasteiger partial charge in [0.2, 0.25) is 0 Å². The molecule has 2 fully saturated rings. The van der Waals surface area contributed by atoms with E-state index in [1.807, 2.05) is 0 Å². The maximum atomic E-state index is 3.49. The van der Waals surface area contributed by atoms with E-state index >= 15 is 0 Å². The largest absolute Gasteiger partial charge is 0.317 e. The molecule has 3 atom stereocenters. The Kier molecular flexibility index (Phi) is 4.87. The van der Waals surface area contributed by atoms with Gasteiger partial charge in [0.1, 0.15) is 0 Å². The normalized spacial score (nSPS) is 36.4. The van der Waals surface area contributed by atoms with Crippen LogP contribution < -0.4 is 5.32 Å². The highest BCUT2D eigenvalue weighted by Gasteiger charge is 2.31. The van der Waals surface area contributed by atoms with Crippen LogP contribution in [0.1, 0.15) is 52.9 Å². The van der Waals surface area contributed by atoms with Gasteiger partial charge in [-0.05, 0) is 63.6 Å². The smallest absolute Gasteiger partial charge is 0.0122 e. The van der Waals surface area contributed by atoms with Crippen LogP contribution in [0.15, 0.2) is 0 Å². The van der Waals surface area contributed by atoms with Crippen molar-refractivity contribution in [2.75, 3.05) is 19.6 Å². The average molecular weight is 238 g/mol. The number of nitrogens with zero attached hydrogens (tertiary/aromatic N) is 1. The van der Waals surface area contributed by atoms with Crippen LogP contribution in [0.5, 0.6) is 0 Å². The van der Waals surface area contributed by atoms with Crippen LogP contribution in [0.25, 0.3) is 0 Å². The molecule has 100 valence electrons. The SMILES string of the molecule is CCN(C1CCNCC1)C1CCC(C)C(C)C1. The zero-order valence-electron chi connectivity index (χ0n) is 11.9. The highest BCUT2D eigenvalue weighted by molar-refractivity contribution is 4.87. The Morgan fingerprint density at radius 3 is 2.24 bits per heavy atom. The van der Waals surface area contributed by atoms with Crippen LogP contribution in [-0.4, -0.2) is 36.6 Å². The summed E-state index contributed by atoms with van der Waals surface area (Å²) < 4.78 is 0. The molecule has 0 bridgehead atoms. The Bertz CT molecular complexity index is 223. The van der Waals surface area contributed by atoms with Gasteiger partial charge < -0.3 is 5.32 Å². The van der Waals surface area contributed by atoms with Crippen molar-refractivity contribution in [3.63, 3.8) is 0 Å². The second-order valence-corrected chi connectivity index (χ2v) is 6.23. The highest BCUT2D eigenvalue weighted by atomic mass is 15.2. The van der Waals surface area contributed by atoms with E-state index in [4.69, 9.17) is 0 Å². The Labute approximate surface area is 107 Å². The van der Waals surface area contributed by atoms with E-state index in [2.05, 4.69) is 31.0 Å². The number of nitrogens with one attached hydrogen (secondary N) is 1. The van der Waals surface area contributed by atoms with E-state index in [-0.39, 0.29) is 0 Å². The molecule has 0 amide bonds. The molecular formula is C15H30N2. The molecule has 2 rings (SSSR count). The van der Waals surface area contributed by atoms with Crippen LogP contribution in [0.4, 0.5) is 0 Å². The predicted molar refractivity (Wildman–Crippen MR) is 74.2 cm³/mol. The lowest BCUT2D eigenvalue weighted by molar-refractivity contribution is 0.0623. The van der Waals surface area contributed by atoms with Crippen LogP contribution in [-0.2, 0) is 0 Å². The number of hydrogen-bond donors (Lipinski definition) is 1. The van der Waals surface area contributed by atoms with Gasteiger partial charge in [-0.25, -0.2) is 0 Å². The van der Waals surface area contributed by atoms with E-state index in [1.165, 1.54) is 51.7 Å². The van der Waals surface area contributed by atoms with E-state index in [0.29, 0.717) is 0 Å². The summed E-state index contributed by atoms with van der Waals surface area (Å²) in [6, 6.07) is 1.72. The quantitative estimate of drug-likeness (QED) is 0.813. The summed E-state index contributed by atoms with van der Waals surface area (Å²) in [5.41, 5.74) is 0. The molecule has 2 nitrogen and oxygen atoms in total. The Morgan fingerprint density at radius 2 is 1.65 bits per heavy atom. The van der Waals surface area contributed by atoms with Crippen LogP contribution in [0, 0.1) is 11.8 Å². The molecule has 1 aliphatic heterocycles. The van der Waals surface area contributed by atoms with Gasteiger partial charge in [0.15, 0.2) is 0 Å². The summed E-state index contributed by atoms with van der Waals surface area (Å²) in [5, 5.41) is 3.49. The minimum absolute atomic E-state index is 0.854. The summed E-state index contributed by atoms with van der Waals surface area (Å²) in [4.78, 5) is 2.82. The molecule has 1 N–H and O–H groups in total. The Hall–Kier alpha value is -0.0800. The molecule has 3 unspecified atom stereocenters. The molecule has 2 heteroatoms. The van der Waals surface area contributed by atoms with Gasteiger partial charge in [-0.3, -0.25) is 4.90 Å². The first-order valence-corrected chi connectivity index (χ1v) is 7.68. The minimum atomic E-state index is 0.854. The monoisotopic (exact) mass is 238 g/mol. The third-order valence-corrected chi connectivity index (χ3v) is 5.18. The van der Waals surface area contributed by atoms with Crippen molar-refractivity contribution in [2.45, 2.75) is 65.0 Å².